The summed E-state index contributed by atoms with van der Waals surface area (Å²) in [5.41, 5.74) is 5.46. The van der Waals surface area contributed by atoms with Gasteiger partial charge in [0.25, 0.3) is 0 Å². The van der Waals surface area contributed by atoms with E-state index >= 15 is 0 Å². The van der Waals surface area contributed by atoms with Crippen LogP contribution in [0.5, 0.6) is 0 Å². The fourth-order valence-electron chi connectivity index (χ4n) is 3.28. The van der Waals surface area contributed by atoms with Crippen LogP contribution in [0.15, 0.2) is 0 Å². The maximum Gasteiger partial charge on any atom is 0.306 e. The molecule has 2 rings (SSSR count). The maximum absolute atomic E-state index is 12.3. The van der Waals surface area contributed by atoms with Crippen molar-refractivity contribution in [3.63, 3.8) is 0 Å². The molecule has 2 atom stereocenters. The third-order valence-corrected chi connectivity index (χ3v) is 4.56. The zero-order valence-electron chi connectivity index (χ0n) is 11.4. The third-order valence-electron chi connectivity index (χ3n) is 4.56. The number of rotatable bonds is 3. The lowest BCUT2D eigenvalue weighted by atomic mass is 9.80. The van der Waals surface area contributed by atoms with Gasteiger partial charge in [-0.15, -0.1) is 0 Å². The molecule has 0 radical (unpaired) electrons. The Kier molecular flexibility index (Phi) is 4.45. The first-order valence-corrected chi connectivity index (χ1v) is 7.34. The van der Waals surface area contributed by atoms with E-state index in [1.165, 1.54) is 0 Å². The van der Waals surface area contributed by atoms with Crippen molar-refractivity contribution in [3.05, 3.63) is 0 Å². The fourth-order valence-corrected chi connectivity index (χ4v) is 3.28. The number of carbonyl (C=O) groups is 2. The largest absolute Gasteiger partial charge is 0.481 e. The summed E-state index contributed by atoms with van der Waals surface area (Å²) in [7, 11) is 0. The van der Waals surface area contributed by atoms with E-state index in [4.69, 9.17) is 10.8 Å². The van der Waals surface area contributed by atoms with Crippen molar-refractivity contribution in [2.24, 2.45) is 11.7 Å². The summed E-state index contributed by atoms with van der Waals surface area (Å²) in [6.07, 6.45) is 7.63. The van der Waals surface area contributed by atoms with E-state index in [9.17, 15) is 9.59 Å². The summed E-state index contributed by atoms with van der Waals surface area (Å²) in [6.45, 7) is 0. The Morgan fingerprint density at radius 2 is 1.79 bits per heavy atom. The zero-order valence-corrected chi connectivity index (χ0v) is 11.4. The fraction of sp³-hybridized carbons (Fsp3) is 0.857. The maximum atomic E-state index is 12.3. The van der Waals surface area contributed by atoms with Gasteiger partial charge in [-0.25, -0.2) is 0 Å². The summed E-state index contributed by atoms with van der Waals surface area (Å²) in [5.74, 6) is -1.15. The van der Waals surface area contributed by atoms with Gasteiger partial charge in [-0.1, -0.05) is 25.7 Å². The van der Waals surface area contributed by atoms with Gasteiger partial charge in [-0.2, -0.15) is 0 Å². The highest BCUT2D eigenvalue weighted by Gasteiger charge is 2.37. The van der Waals surface area contributed by atoms with Crippen molar-refractivity contribution in [2.75, 3.05) is 0 Å². The highest BCUT2D eigenvalue weighted by molar-refractivity contribution is 5.86. The molecule has 4 N–H and O–H groups in total. The van der Waals surface area contributed by atoms with Gasteiger partial charge in [-0.05, 0) is 32.1 Å². The van der Waals surface area contributed by atoms with E-state index in [-0.39, 0.29) is 17.9 Å². The third kappa shape index (κ3) is 3.47. The molecule has 5 nitrogen and oxygen atoms in total. The number of nitrogens with two attached hydrogens (primary N) is 1. The monoisotopic (exact) mass is 268 g/mol. The number of carboxylic acid groups (broad SMARTS) is 1. The second kappa shape index (κ2) is 5.90. The summed E-state index contributed by atoms with van der Waals surface area (Å²) in [6, 6.07) is -0.0234. The van der Waals surface area contributed by atoms with E-state index in [1.807, 2.05) is 0 Å². The molecule has 0 saturated heterocycles. The number of nitrogens with one attached hydrogen (secondary N) is 1. The first kappa shape index (κ1) is 14.3. The Balaban J connectivity index is 1.89. The van der Waals surface area contributed by atoms with Crippen LogP contribution in [-0.2, 0) is 9.59 Å². The van der Waals surface area contributed by atoms with Crippen molar-refractivity contribution < 1.29 is 14.7 Å². The molecule has 0 heterocycles. The van der Waals surface area contributed by atoms with Crippen LogP contribution in [0.4, 0.5) is 0 Å². The Labute approximate surface area is 113 Å². The van der Waals surface area contributed by atoms with Crippen LogP contribution in [0.3, 0.4) is 0 Å². The van der Waals surface area contributed by atoms with Crippen LogP contribution in [0, 0.1) is 5.92 Å². The molecular weight excluding hydrogens is 244 g/mol. The number of hydrogen-bond acceptors (Lipinski definition) is 3. The van der Waals surface area contributed by atoms with Crippen molar-refractivity contribution in [1.29, 1.82) is 0 Å². The molecule has 0 aromatic heterocycles. The van der Waals surface area contributed by atoms with Gasteiger partial charge in [-0.3, -0.25) is 9.59 Å². The predicted octanol–water partition coefficient (Wildman–Crippen LogP) is 1.41. The van der Waals surface area contributed by atoms with Gasteiger partial charge >= 0.3 is 5.97 Å². The van der Waals surface area contributed by atoms with Crippen molar-refractivity contribution in [2.45, 2.75) is 69.4 Å². The second-order valence-corrected chi connectivity index (χ2v) is 6.09. The first-order valence-electron chi connectivity index (χ1n) is 7.34. The van der Waals surface area contributed by atoms with Crippen LogP contribution in [-0.4, -0.2) is 28.6 Å². The molecule has 0 bridgehead atoms. The summed E-state index contributed by atoms with van der Waals surface area (Å²) in [4.78, 5) is 23.3. The van der Waals surface area contributed by atoms with E-state index in [0.717, 1.165) is 51.4 Å². The number of hydrogen-bond donors (Lipinski definition) is 3. The van der Waals surface area contributed by atoms with E-state index in [2.05, 4.69) is 5.32 Å². The molecule has 108 valence electrons. The molecular formula is C14H24N2O3. The van der Waals surface area contributed by atoms with Crippen molar-refractivity contribution in [1.82, 2.24) is 5.32 Å². The number of aliphatic carboxylic acids is 1. The normalized spacial score (nSPS) is 30.6. The minimum atomic E-state index is -0.751. The van der Waals surface area contributed by atoms with E-state index in [1.54, 1.807) is 0 Å². The van der Waals surface area contributed by atoms with Gasteiger partial charge in [0, 0.05) is 6.04 Å². The summed E-state index contributed by atoms with van der Waals surface area (Å²) < 4.78 is 0. The molecule has 5 heteroatoms. The summed E-state index contributed by atoms with van der Waals surface area (Å²) >= 11 is 0. The Hall–Kier alpha value is -1.10. The lowest BCUT2D eigenvalue weighted by molar-refractivity contribution is -0.143. The standard InChI is InChI=1S/C14H24N2O3/c15-14(7-2-1-3-8-14)13(19)16-11-6-4-5-10(9-11)12(17)18/h10-11H,1-9,15H2,(H,16,19)(H,17,18). The van der Waals surface area contributed by atoms with Crippen LogP contribution >= 0.6 is 0 Å². The van der Waals surface area contributed by atoms with Crippen LogP contribution < -0.4 is 11.1 Å². The first-order chi connectivity index (χ1) is 9.01. The molecule has 19 heavy (non-hydrogen) atoms. The highest BCUT2D eigenvalue weighted by atomic mass is 16.4. The number of amides is 1. The molecule has 2 aliphatic carbocycles. The van der Waals surface area contributed by atoms with Crippen LogP contribution in [0.25, 0.3) is 0 Å². The SMILES string of the molecule is NC1(C(=O)NC2CCCC(C(=O)O)C2)CCCCC1. The number of carbonyl (C=O) groups excluding carboxylic acids is 1. The van der Waals surface area contributed by atoms with E-state index < -0.39 is 11.5 Å². The Bertz CT molecular complexity index is 351. The molecule has 0 aliphatic heterocycles. The molecule has 2 aliphatic rings. The average Bonchev–Trinajstić information content (AvgIpc) is 2.40. The summed E-state index contributed by atoms with van der Waals surface area (Å²) in [5, 5.41) is 12.0. The number of carboxylic acids is 1. The highest BCUT2D eigenvalue weighted by Crippen LogP contribution is 2.28. The molecule has 2 fully saturated rings. The van der Waals surface area contributed by atoms with Crippen molar-refractivity contribution >= 4 is 11.9 Å². The quantitative estimate of drug-likeness (QED) is 0.721. The molecule has 0 spiro atoms. The molecule has 1 amide bonds. The minimum Gasteiger partial charge on any atom is -0.481 e. The van der Waals surface area contributed by atoms with Gasteiger partial charge in [0.05, 0.1) is 11.5 Å². The van der Waals surface area contributed by atoms with Crippen molar-refractivity contribution in [3.8, 4) is 0 Å². The van der Waals surface area contributed by atoms with Crippen LogP contribution in [0.1, 0.15) is 57.8 Å². The molecule has 2 unspecified atom stereocenters. The molecule has 2 saturated carbocycles. The Morgan fingerprint density at radius 1 is 1.11 bits per heavy atom. The smallest absolute Gasteiger partial charge is 0.306 e. The zero-order chi connectivity index (χ0) is 13.9. The van der Waals surface area contributed by atoms with Gasteiger partial charge in [0.15, 0.2) is 0 Å². The Morgan fingerprint density at radius 3 is 2.42 bits per heavy atom. The van der Waals surface area contributed by atoms with E-state index in [0.29, 0.717) is 6.42 Å². The van der Waals surface area contributed by atoms with Crippen LogP contribution in [0.2, 0.25) is 0 Å². The second-order valence-electron chi connectivity index (χ2n) is 6.09. The van der Waals surface area contributed by atoms with Gasteiger partial charge < -0.3 is 16.2 Å². The lowest BCUT2D eigenvalue weighted by Crippen LogP contribution is -2.57. The van der Waals surface area contributed by atoms with Gasteiger partial charge in [0.1, 0.15) is 0 Å². The topological polar surface area (TPSA) is 92.4 Å². The minimum absolute atomic E-state index is 0.0234. The predicted molar refractivity (Wildman–Crippen MR) is 71.5 cm³/mol. The molecule has 0 aromatic carbocycles. The lowest BCUT2D eigenvalue weighted by Gasteiger charge is -2.35. The average molecular weight is 268 g/mol. The van der Waals surface area contributed by atoms with Gasteiger partial charge in [0.2, 0.25) is 5.91 Å². The molecule has 0 aromatic rings.